The predicted molar refractivity (Wildman–Crippen MR) is 70.4 cm³/mol. The van der Waals surface area contributed by atoms with Gasteiger partial charge in [0.05, 0.1) is 0 Å². The number of carboxylic acid groups (broad SMARTS) is 1. The molecular weight excluding hydrogens is 314 g/mol. The van der Waals surface area contributed by atoms with Crippen LogP contribution < -0.4 is 5.32 Å². The van der Waals surface area contributed by atoms with Crippen LogP contribution >= 0.6 is 38.9 Å². The van der Waals surface area contributed by atoms with Crippen LogP contribution in [0, 0.1) is 5.92 Å². The molecule has 1 aromatic heterocycles. The van der Waals surface area contributed by atoms with E-state index in [4.69, 9.17) is 21.5 Å². The van der Waals surface area contributed by atoms with E-state index in [0.29, 0.717) is 0 Å². The van der Waals surface area contributed by atoms with Crippen LogP contribution in [-0.4, -0.2) is 24.7 Å². The fourth-order valence-electron chi connectivity index (χ4n) is 1.67. The Hall–Kier alpha value is -0.100. The van der Waals surface area contributed by atoms with Gasteiger partial charge in [-0.05, 0) is 53.8 Å². The van der Waals surface area contributed by atoms with Crippen molar-refractivity contribution in [2.75, 3.05) is 13.1 Å². The minimum absolute atomic E-state index is 0.250. The summed E-state index contributed by atoms with van der Waals surface area (Å²) in [6, 6.07) is 2.14. The third-order valence-corrected chi connectivity index (χ3v) is 4.85. The molecule has 0 amide bonds. The molecule has 1 atom stereocenters. The van der Waals surface area contributed by atoms with E-state index >= 15 is 0 Å². The van der Waals surface area contributed by atoms with Gasteiger partial charge in [-0.25, -0.2) is 0 Å². The first-order valence-corrected chi connectivity index (χ1v) is 6.88. The van der Waals surface area contributed by atoms with Gasteiger partial charge in [0.25, 0.3) is 6.47 Å². The highest BCUT2D eigenvalue weighted by Crippen LogP contribution is 2.33. The smallest absolute Gasteiger partial charge is 0.290 e. The SMILES string of the molecule is Clc1sc(CC2CCNC2)cc1Br.O=CO. The normalized spacial score (nSPS) is 19.0. The highest BCUT2D eigenvalue weighted by atomic mass is 79.9. The predicted octanol–water partition coefficient (Wildman–Crippen LogP) is 3.02. The molecule has 1 aliphatic rings. The maximum atomic E-state index is 8.36. The Balaban J connectivity index is 0.000000386. The lowest BCUT2D eigenvalue weighted by Crippen LogP contribution is -2.10. The van der Waals surface area contributed by atoms with Gasteiger partial charge in [0.1, 0.15) is 4.34 Å². The summed E-state index contributed by atoms with van der Waals surface area (Å²) < 4.78 is 1.92. The number of halogens is 2. The summed E-state index contributed by atoms with van der Waals surface area (Å²) in [4.78, 5) is 9.76. The lowest BCUT2D eigenvalue weighted by molar-refractivity contribution is -0.122. The summed E-state index contributed by atoms with van der Waals surface area (Å²) in [6.07, 6.45) is 2.47. The number of nitrogens with one attached hydrogen (secondary N) is 1. The van der Waals surface area contributed by atoms with E-state index in [1.807, 2.05) is 0 Å². The van der Waals surface area contributed by atoms with E-state index in [9.17, 15) is 0 Å². The molecule has 2 heterocycles. The summed E-state index contributed by atoms with van der Waals surface area (Å²) >= 11 is 11.1. The molecule has 6 heteroatoms. The maximum Gasteiger partial charge on any atom is 0.290 e. The van der Waals surface area contributed by atoms with Gasteiger partial charge >= 0.3 is 0 Å². The minimum Gasteiger partial charge on any atom is -0.483 e. The topological polar surface area (TPSA) is 49.3 Å². The Kier molecular flexibility index (Phi) is 6.34. The van der Waals surface area contributed by atoms with Crippen LogP contribution in [0.3, 0.4) is 0 Å². The van der Waals surface area contributed by atoms with Crippen molar-refractivity contribution in [3.63, 3.8) is 0 Å². The summed E-state index contributed by atoms with van der Waals surface area (Å²) in [5.41, 5.74) is 0. The fourth-order valence-corrected chi connectivity index (χ4v) is 3.57. The molecule has 0 aliphatic carbocycles. The van der Waals surface area contributed by atoms with E-state index in [1.54, 1.807) is 11.3 Å². The summed E-state index contributed by atoms with van der Waals surface area (Å²) in [7, 11) is 0. The standard InChI is InChI=1S/C9H11BrClNS.CH2O2/c10-8-4-7(13-9(8)11)3-6-1-2-12-5-6;2-1-3/h4,6,12H,1-3,5H2;1H,(H,2,3). The Morgan fingerprint density at radius 2 is 2.44 bits per heavy atom. The Bertz CT molecular complexity index is 320. The second kappa shape index (κ2) is 7.27. The van der Waals surface area contributed by atoms with Gasteiger partial charge in [0.15, 0.2) is 0 Å². The molecule has 1 aliphatic heterocycles. The molecule has 0 spiro atoms. The van der Waals surface area contributed by atoms with E-state index in [2.05, 4.69) is 27.3 Å². The minimum atomic E-state index is -0.250. The van der Waals surface area contributed by atoms with Gasteiger partial charge < -0.3 is 10.4 Å². The van der Waals surface area contributed by atoms with E-state index < -0.39 is 0 Å². The summed E-state index contributed by atoms with van der Waals surface area (Å²) in [6.45, 7) is 2.08. The Morgan fingerprint density at radius 1 is 1.75 bits per heavy atom. The van der Waals surface area contributed by atoms with Crippen molar-refractivity contribution in [2.45, 2.75) is 12.8 Å². The van der Waals surface area contributed by atoms with Crippen LogP contribution in [0.1, 0.15) is 11.3 Å². The highest BCUT2D eigenvalue weighted by molar-refractivity contribution is 9.10. The van der Waals surface area contributed by atoms with Crippen LogP contribution in [0.5, 0.6) is 0 Å². The molecule has 0 saturated carbocycles. The molecule has 2 N–H and O–H groups in total. The number of hydrogen-bond acceptors (Lipinski definition) is 3. The molecule has 0 bridgehead atoms. The number of carbonyl (C=O) groups is 1. The Labute approximate surface area is 112 Å². The fraction of sp³-hybridized carbons (Fsp3) is 0.500. The molecule has 0 radical (unpaired) electrons. The number of thiophene rings is 1. The summed E-state index contributed by atoms with van der Waals surface area (Å²) in [5, 5.41) is 10.3. The van der Waals surface area contributed by atoms with Gasteiger partial charge in [-0.15, -0.1) is 11.3 Å². The molecular formula is C10H13BrClNO2S. The molecule has 0 aromatic carbocycles. The van der Waals surface area contributed by atoms with Crippen molar-refractivity contribution in [1.29, 1.82) is 0 Å². The first kappa shape index (κ1) is 14.0. The van der Waals surface area contributed by atoms with Crippen molar-refractivity contribution >= 4 is 45.3 Å². The van der Waals surface area contributed by atoms with Crippen molar-refractivity contribution in [2.24, 2.45) is 5.92 Å². The van der Waals surface area contributed by atoms with Crippen LogP contribution in [0.15, 0.2) is 10.5 Å². The van der Waals surface area contributed by atoms with Crippen molar-refractivity contribution < 1.29 is 9.90 Å². The molecule has 1 saturated heterocycles. The first-order valence-electron chi connectivity index (χ1n) is 4.89. The largest absolute Gasteiger partial charge is 0.483 e. The molecule has 2 rings (SSSR count). The van der Waals surface area contributed by atoms with Crippen molar-refractivity contribution in [1.82, 2.24) is 5.32 Å². The Morgan fingerprint density at radius 3 is 2.88 bits per heavy atom. The number of rotatable bonds is 2. The van der Waals surface area contributed by atoms with Crippen molar-refractivity contribution in [3.8, 4) is 0 Å². The first-order chi connectivity index (χ1) is 7.67. The van der Waals surface area contributed by atoms with E-state index in [1.165, 1.54) is 24.3 Å². The van der Waals surface area contributed by atoms with Gasteiger partial charge in [-0.2, -0.15) is 0 Å². The van der Waals surface area contributed by atoms with Gasteiger partial charge in [-0.1, -0.05) is 11.6 Å². The van der Waals surface area contributed by atoms with Gasteiger partial charge in [0.2, 0.25) is 0 Å². The van der Waals surface area contributed by atoms with Gasteiger partial charge in [0, 0.05) is 9.35 Å². The van der Waals surface area contributed by atoms with Crippen LogP contribution in [0.25, 0.3) is 0 Å². The van der Waals surface area contributed by atoms with Gasteiger partial charge in [-0.3, -0.25) is 4.79 Å². The molecule has 1 aromatic rings. The van der Waals surface area contributed by atoms with E-state index in [-0.39, 0.29) is 6.47 Å². The molecule has 1 fully saturated rings. The molecule has 3 nitrogen and oxygen atoms in total. The number of hydrogen-bond donors (Lipinski definition) is 2. The zero-order chi connectivity index (χ0) is 12.0. The monoisotopic (exact) mass is 325 g/mol. The summed E-state index contributed by atoms with van der Waals surface area (Å²) in [5.74, 6) is 0.807. The maximum absolute atomic E-state index is 8.36. The van der Waals surface area contributed by atoms with Crippen LogP contribution in [-0.2, 0) is 11.2 Å². The molecule has 90 valence electrons. The van der Waals surface area contributed by atoms with E-state index in [0.717, 1.165) is 21.3 Å². The third kappa shape index (κ3) is 4.41. The molecule has 1 unspecified atom stereocenters. The van der Waals surface area contributed by atoms with Crippen molar-refractivity contribution in [3.05, 3.63) is 19.8 Å². The zero-order valence-corrected chi connectivity index (χ0v) is 11.7. The quantitative estimate of drug-likeness (QED) is 0.821. The second-order valence-electron chi connectivity index (χ2n) is 3.50. The van der Waals surface area contributed by atoms with Crippen LogP contribution in [0.4, 0.5) is 0 Å². The average molecular weight is 327 g/mol. The third-order valence-electron chi connectivity index (χ3n) is 2.35. The second-order valence-corrected chi connectivity index (χ2v) is 6.10. The lowest BCUT2D eigenvalue weighted by atomic mass is 10.0. The molecule has 16 heavy (non-hydrogen) atoms. The highest BCUT2D eigenvalue weighted by Gasteiger charge is 2.16. The lowest BCUT2D eigenvalue weighted by Gasteiger charge is -2.04. The van der Waals surface area contributed by atoms with Crippen LogP contribution in [0.2, 0.25) is 4.34 Å². The average Bonchev–Trinajstić information content (AvgIpc) is 2.80. The zero-order valence-electron chi connectivity index (χ0n) is 8.58.